The maximum Gasteiger partial charge on any atom is 0.307 e. The summed E-state index contributed by atoms with van der Waals surface area (Å²) in [5.74, 6) is 0.0186. The number of methoxy groups -OCH3 is 1. The first-order valence-corrected chi connectivity index (χ1v) is 8.14. The van der Waals surface area contributed by atoms with Crippen molar-refractivity contribution in [1.82, 2.24) is 19.6 Å². The van der Waals surface area contributed by atoms with Crippen LogP contribution in [-0.2, 0) is 27.4 Å². The molecule has 1 amide bonds. The molecule has 1 aromatic heterocycles. The number of likely N-dealkylation sites (N-methyl/N-ethyl adjacent to an activating group) is 1. The molecule has 0 saturated carbocycles. The Morgan fingerprint density at radius 3 is 2.96 bits per heavy atom. The summed E-state index contributed by atoms with van der Waals surface area (Å²) < 4.78 is 6.43. The topological polar surface area (TPSA) is 67.7 Å². The molecule has 0 radical (unpaired) electrons. The Morgan fingerprint density at radius 2 is 2.17 bits per heavy atom. The summed E-state index contributed by atoms with van der Waals surface area (Å²) in [6.45, 7) is 2.15. The number of aryl methyl sites for hydroxylation is 1. The Kier molecular flexibility index (Phi) is 4.66. The second kappa shape index (κ2) is 6.70. The highest BCUT2D eigenvalue weighted by atomic mass is 16.5. The quantitative estimate of drug-likeness (QED) is 0.745. The van der Waals surface area contributed by atoms with E-state index in [9.17, 15) is 9.59 Å². The second-order valence-electron chi connectivity index (χ2n) is 6.47. The van der Waals surface area contributed by atoms with Crippen molar-refractivity contribution < 1.29 is 14.3 Å². The van der Waals surface area contributed by atoms with E-state index in [1.54, 1.807) is 4.68 Å². The molecule has 0 N–H and O–H groups in total. The Morgan fingerprint density at radius 1 is 1.39 bits per heavy atom. The maximum atomic E-state index is 12.0. The highest BCUT2D eigenvalue weighted by molar-refractivity contribution is 5.77. The zero-order valence-electron chi connectivity index (χ0n) is 13.8. The Bertz CT molecular complexity index is 586. The highest BCUT2D eigenvalue weighted by Crippen LogP contribution is 2.31. The minimum Gasteiger partial charge on any atom is -0.469 e. The molecule has 2 aliphatic rings. The van der Waals surface area contributed by atoms with Gasteiger partial charge in [-0.25, -0.2) is 0 Å². The van der Waals surface area contributed by atoms with E-state index >= 15 is 0 Å². The lowest BCUT2D eigenvalue weighted by Crippen LogP contribution is -2.38. The van der Waals surface area contributed by atoms with Gasteiger partial charge in [0.1, 0.15) is 0 Å². The molecule has 2 atom stereocenters. The van der Waals surface area contributed by atoms with Crippen LogP contribution in [0.25, 0.3) is 0 Å². The number of hydrogen-bond acceptors (Lipinski definition) is 5. The predicted octanol–water partition coefficient (Wildman–Crippen LogP) is 0.641. The number of nitrogens with zero attached hydrogens (tertiary/aromatic N) is 4. The number of amides is 1. The molecular formula is C16H24N4O3. The van der Waals surface area contributed by atoms with E-state index in [1.807, 2.05) is 24.3 Å². The fraction of sp³-hybridized carbons (Fsp3) is 0.688. The lowest BCUT2D eigenvalue weighted by Gasteiger charge is -2.27. The molecule has 0 spiro atoms. The van der Waals surface area contributed by atoms with Crippen molar-refractivity contribution in [2.75, 3.05) is 20.7 Å². The molecule has 2 saturated heterocycles. The molecule has 2 aliphatic heterocycles. The summed E-state index contributed by atoms with van der Waals surface area (Å²) in [4.78, 5) is 27.5. The summed E-state index contributed by atoms with van der Waals surface area (Å²) in [5.41, 5.74) is 1.13. The van der Waals surface area contributed by atoms with E-state index in [4.69, 9.17) is 0 Å². The summed E-state index contributed by atoms with van der Waals surface area (Å²) in [5, 5.41) is 4.32. The number of carbonyl (C=O) groups excluding carboxylic acids is 2. The lowest BCUT2D eigenvalue weighted by atomic mass is 10.1. The van der Waals surface area contributed by atoms with E-state index in [0.29, 0.717) is 31.5 Å². The number of esters is 1. The molecule has 2 fully saturated rings. The number of fused-ring (bicyclic) bond motifs is 2. The van der Waals surface area contributed by atoms with Crippen molar-refractivity contribution in [2.45, 2.75) is 50.9 Å². The molecule has 126 valence electrons. The summed E-state index contributed by atoms with van der Waals surface area (Å²) in [6, 6.07) is 0.783. The highest BCUT2D eigenvalue weighted by Gasteiger charge is 2.39. The smallest absolute Gasteiger partial charge is 0.307 e. The molecule has 1 aromatic rings. The van der Waals surface area contributed by atoms with Crippen LogP contribution in [0, 0.1) is 0 Å². The van der Waals surface area contributed by atoms with E-state index in [1.165, 1.54) is 7.11 Å². The van der Waals surface area contributed by atoms with Crippen LogP contribution < -0.4 is 0 Å². The molecule has 0 aromatic carbocycles. The Hall–Kier alpha value is -1.89. The zero-order chi connectivity index (χ0) is 16.4. The van der Waals surface area contributed by atoms with Gasteiger partial charge in [0.05, 0.1) is 26.3 Å². The predicted molar refractivity (Wildman–Crippen MR) is 83.5 cm³/mol. The minimum absolute atomic E-state index is 0.228. The summed E-state index contributed by atoms with van der Waals surface area (Å²) in [6.07, 6.45) is 7.03. The van der Waals surface area contributed by atoms with Crippen molar-refractivity contribution in [1.29, 1.82) is 0 Å². The first kappa shape index (κ1) is 16.0. The van der Waals surface area contributed by atoms with Gasteiger partial charge in [-0.2, -0.15) is 5.10 Å². The van der Waals surface area contributed by atoms with Gasteiger partial charge in [0, 0.05) is 50.4 Å². The van der Waals surface area contributed by atoms with Gasteiger partial charge < -0.3 is 9.64 Å². The van der Waals surface area contributed by atoms with Crippen molar-refractivity contribution >= 4 is 11.9 Å². The van der Waals surface area contributed by atoms with Gasteiger partial charge in [0.2, 0.25) is 5.91 Å². The number of ether oxygens (including phenoxy) is 1. The average Bonchev–Trinajstić information content (AvgIpc) is 3.10. The van der Waals surface area contributed by atoms with Gasteiger partial charge >= 0.3 is 5.97 Å². The minimum atomic E-state index is -0.228. The summed E-state index contributed by atoms with van der Waals surface area (Å²) in [7, 11) is 3.29. The molecule has 7 nitrogen and oxygen atoms in total. The number of carbonyl (C=O) groups is 2. The van der Waals surface area contributed by atoms with Crippen LogP contribution in [0.15, 0.2) is 12.4 Å². The third-order valence-corrected chi connectivity index (χ3v) is 4.92. The molecule has 0 unspecified atom stereocenters. The van der Waals surface area contributed by atoms with Crippen molar-refractivity contribution in [2.24, 2.45) is 0 Å². The second-order valence-corrected chi connectivity index (χ2v) is 6.47. The van der Waals surface area contributed by atoms with Gasteiger partial charge in [0.15, 0.2) is 0 Å². The van der Waals surface area contributed by atoms with Crippen molar-refractivity contribution in [3.05, 3.63) is 18.0 Å². The first-order valence-electron chi connectivity index (χ1n) is 8.14. The fourth-order valence-corrected chi connectivity index (χ4v) is 3.59. The lowest BCUT2D eigenvalue weighted by molar-refractivity contribution is -0.140. The number of rotatable bonds is 5. The Balaban J connectivity index is 1.62. The fourth-order valence-electron chi connectivity index (χ4n) is 3.59. The SMILES string of the molecule is COC(=O)CCn1cc(CN2[C@@H]3CC[C@H]2CN(C)C(=O)C3)cn1. The largest absolute Gasteiger partial charge is 0.469 e. The number of aromatic nitrogens is 2. The Labute approximate surface area is 136 Å². The molecule has 0 aliphatic carbocycles. The van der Waals surface area contributed by atoms with Crippen LogP contribution in [0.4, 0.5) is 0 Å². The molecule has 23 heavy (non-hydrogen) atoms. The average molecular weight is 320 g/mol. The standard InChI is InChI=1S/C16H24N4O3/c1-18-11-14-4-3-13(7-15(18)21)20(14)10-12-8-17-19(9-12)6-5-16(22)23-2/h8-9,13-14H,3-7,10-11H2,1-2H3/t13-,14+/m1/s1. The molecule has 3 heterocycles. The molecule has 2 bridgehead atoms. The van der Waals surface area contributed by atoms with Gasteiger partial charge in [-0.05, 0) is 12.8 Å². The van der Waals surface area contributed by atoms with Gasteiger partial charge in [-0.1, -0.05) is 0 Å². The van der Waals surface area contributed by atoms with E-state index in [-0.39, 0.29) is 11.9 Å². The van der Waals surface area contributed by atoms with Crippen molar-refractivity contribution in [3.63, 3.8) is 0 Å². The third-order valence-electron chi connectivity index (χ3n) is 4.92. The van der Waals surface area contributed by atoms with Crippen LogP contribution in [-0.4, -0.2) is 64.2 Å². The van der Waals surface area contributed by atoms with Gasteiger partial charge in [-0.3, -0.25) is 19.2 Å². The van der Waals surface area contributed by atoms with Gasteiger partial charge in [-0.15, -0.1) is 0 Å². The van der Waals surface area contributed by atoms with Crippen LogP contribution in [0.2, 0.25) is 0 Å². The van der Waals surface area contributed by atoms with Crippen molar-refractivity contribution in [3.8, 4) is 0 Å². The van der Waals surface area contributed by atoms with Crippen LogP contribution in [0.5, 0.6) is 0 Å². The summed E-state index contributed by atoms with van der Waals surface area (Å²) >= 11 is 0. The number of hydrogen-bond donors (Lipinski definition) is 0. The van der Waals surface area contributed by atoms with Crippen LogP contribution >= 0.6 is 0 Å². The van der Waals surface area contributed by atoms with Crippen LogP contribution in [0.1, 0.15) is 31.2 Å². The maximum absolute atomic E-state index is 12.0. The van der Waals surface area contributed by atoms with E-state index in [0.717, 1.165) is 31.5 Å². The van der Waals surface area contributed by atoms with Crippen LogP contribution in [0.3, 0.4) is 0 Å². The monoisotopic (exact) mass is 320 g/mol. The third kappa shape index (κ3) is 3.55. The molecule has 3 rings (SSSR count). The molecule has 7 heteroatoms. The first-order chi connectivity index (χ1) is 11.1. The normalized spacial score (nSPS) is 24.8. The zero-order valence-corrected chi connectivity index (χ0v) is 13.8. The molecular weight excluding hydrogens is 296 g/mol. The number of likely N-dealkylation sites (tertiary alicyclic amines) is 1. The van der Waals surface area contributed by atoms with Gasteiger partial charge in [0.25, 0.3) is 0 Å². The van der Waals surface area contributed by atoms with E-state index < -0.39 is 0 Å². The van der Waals surface area contributed by atoms with E-state index in [2.05, 4.69) is 14.7 Å².